The predicted molar refractivity (Wildman–Crippen MR) is 128 cm³/mol. The molecule has 32 heavy (non-hydrogen) atoms. The molecular formula is C25H36NO5P. The third-order valence-corrected chi connectivity index (χ3v) is 7.59. The number of nitrogens with one attached hydrogen (secondary N) is 1. The smallest absolute Gasteiger partial charge is 0.354 e. The van der Waals surface area contributed by atoms with Gasteiger partial charge in [-0.05, 0) is 59.1 Å². The molecule has 2 aromatic carbocycles. The van der Waals surface area contributed by atoms with Crippen molar-refractivity contribution < 1.29 is 23.1 Å². The molecule has 0 aliphatic rings. The summed E-state index contributed by atoms with van der Waals surface area (Å²) in [5.41, 5.74) is 0.987. The molecule has 2 rings (SSSR count). The molecule has 7 heteroatoms. The van der Waals surface area contributed by atoms with Crippen LogP contribution in [0.3, 0.4) is 0 Å². The Morgan fingerprint density at radius 1 is 0.906 bits per heavy atom. The third kappa shape index (κ3) is 6.76. The Balaban J connectivity index is 2.55. The number of hydrogen-bond acceptors (Lipinski definition) is 6. The third-order valence-electron chi connectivity index (χ3n) is 4.91. The molecule has 6 nitrogen and oxygen atoms in total. The van der Waals surface area contributed by atoms with Gasteiger partial charge < -0.3 is 13.8 Å². The first-order chi connectivity index (χ1) is 15.0. The van der Waals surface area contributed by atoms with Gasteiger partial charge in [-0.2, -0.15) is 0 Å². The number of carbonyl (C=O) groups excluding carboxylic acids is 1. The van der Waals surface area contributed by atoms with Gasteiger partial charge in [-0.15, -0.1) is 0 Å². The van der Waals surface area contributed by atoms with Gasteiger partial charge in [-0.1, -0.05) is 60.7 Å². The molecule has 0 aliphatic heterocycles. The lowest BCUT2D eigenvalue weighted by Crippen LogP contribution is -2.52. The molecule has 2 atom stereocenters. The monoisotopic (exact) mass is 461 g/mol. The Kier molecular flexibility index (Phi) is 9.23. The fourth-order valence-electron chi connectivity index (χ4n) is 3.47. The van der Waals surface area contributed by atoms with E-state index in [4.69, 9.17) is 13.8 Å². The van der Waals surface area contributed by atoms with Crippen molar-refractivity contribution in [3.8, 4) is 0 Å². The number of ether oxygens (including phenoxy) is 1. The molecule has 0 spiro atoms. The number of esters is 1. The number of rotatable bonds is 11. The van der Waals surface area contributed by atoms with Crippen molar-refractivity contribution in [2.24, 2.45) is 0 Å². The second kappa shape index (κ2) is 11.2. The van der Waals surface area contributed by atoms with Crippen LogP contribution in [0.2, 0.25) is 0 Å². The first kappa shape index (κ1) is 26.3. The zero-order valence-electron chi connectivity index (χ0n) is 20.0. The van der Waals surface area contributed by atoms with Gasteiger partial charge in [0, 0.05) is 0 Å². The second-order valence-corrected chi connectivity index (χ2v) is 11.1. The highest BCUT2D eigenvalue weighted by Crippen LogP contribution is 2.63. The highest BCUT2D eigenvalue weighted by atomic mass is 31.2. The summed E-state index contributed by atoms with van der Waals surface area (Å²) in [6.07, 6.45) is 0.358. The fraction of sp³-hybridized carbons (Fsp3) is 0.480. The Hall–Kier alpha value is -1.98. The second-order valence-electron chi connectivity index (χ2n) is 8.69. The average molecular weight is 462 g/mol. The highest BCUT2D eigenvalue weighted by Gasteiger charge is 2.50. The summed E-state index contributed by atoms with van der Waals surface area (Å²) >= 11 is 0. The van der Waals surface area contributed by atoms with E-state index in [1.54, 1.807) is 20.8 Å². The van der Waals surface area contributed by atoms with E-state index in [0.29, 0.717) is 12.0 Å². The normalized spacial score (nSPS) is 15.1. The van der Waals surface area contributed by atoms with Crippen LogP contribution >= 0.6 is 7.60 Å². The summed E-state index contributed by atoms with van der Waals surface area (Å²) in [7, 11) is -3.73. The Morgan fingerprint density at radius 2 is 1.41 bits per heavy atom. The van der Waals surface area contributed by atoms with Crippen LogP contribution in [0.25, 0.3) is 0 Å². The lowest BCUT2D eigenvalue weighted by molar-refractivity contribution is -0.157. The topological polar surface area (TPSA) is 73.9 Å². The molecule has 176 valence electrons. The summed E-state index contributed by atoms with van der Waals surface area (Å²) in [5, 5.41) is 2.06. The first-order valence-electron chi connectivity index (χ1n) is 11.0. The maximum absolute atomic E-state index is 14.1. The van der Waals surface area contributed by atoms with Crippen molar-refractivity contribution in [2.75, 3.05) is 13.2 Å². The molecule has 1 N–H and O–H groups in total. The lowest BCUT2D eigenvalue weighted by atomic mass is 10.0. The Bertz CT molecular complexity index is 888. The van der Waals surface area contributed by atoms with Crippen LogP contribution < -0.4 is 5.32 Å². The van der Waals surface area contributed by atoms with Crippen LogP contribution in [0.1, 0.15) is 52.7 Å². The van der Waals surface area contributed by atoms with Crippen LogP contribution in [-0.2, 0) is 34.8 Å². The minimum atomic E-state index is -3.73. The van der Waals surface area contributed by atoms with E-state index in [9.17, 15) is 9.36 Å². The molecule has 0 saturated carbocycles. The van der Waals surface area contributed by atoms with Crippen LogP contribution in [0.4, 0.5) is 0 Å². The maximum Gasteiger partial charge on any atom is 0.354 e. The first-order valence-corrected chi connectivity index (χ1v) is 12.6. The zero-order chi connectivity index (χ0) is 23.8. The Labute approximate surface area is 192 Å². The van der Waals surface area contributed by atoms with Crippen molar-refractivity contribution in [3.05, 3.63) is 71.8 Å². The molecule has 0 radical (unpaired) electrons. The van der Waals surface area contributed by atoms with Gasteiger partial charge in [-0.25, -0.2) is 0 Å². The molecule has 0 aliphatic carbocycles. The van der Waals surface area contributed by atoms with Crippen LogP contribution in [-0.4, -0.2) is 30.8 Å². The van der Waals surface area contributed by atoms with E-state index >= 15 is 0 Å². The van der Waals surface area contributed by atoms with Crippen molar-refractivity contribution >= 4 is 13.6 Å². The van der Waals surface area contributed by atoms with E-state index in [2.05, 4.69) is 5.32 Å². The number of hydrogen-bond donors (Lipinski definition) is 1. The number of benzene rings is 2. The van der Waals surface area contributed by atoms with E-state index < -0.39 is 30.5 Å². The Morgan fingerprint density at radius 3 is 1.88 bits per heavy atom. The fourth-order valence-corrected chi connectivity index (χ4v) is 5.52. The van der Waals surface area contributed by atoms with Crippen molar-refractivity contribution in [1.82, 2.24) is 5.32 Å². The summed E-state index contributed by atoms with van der Waals surface area (Å²) in [4.78, 5) is 13.3. The summed E-state index contributed by atoms with van der Waals surface area (Å²) < 4.78 is 31.3. The quantitative estimate of drug-likeness (QED) is 0.343. The zero-order valence-corrected chi connectivity index (χ0v) is 20.9. The van der Waals surface area contributed by atoms with Gasteiger partial charge in [-0.3, -0.25) is 14.7 Å². The van der Waals surface area contributed by atoms with Gasteiger partial charge in [0.15, 0.2) is 0 Å². The average Bonchev–Trinajstić information content (AvgIpc) is 2.73. The van der Waals surface area contributed by atoms with Crippen molar-refractivity contribution in [2.45, 2.75) is 64.9 Å². The van der Waals surface area contributed by atoms with Crippen molar-refractivity contribution in [3.63, 3.8) is 0 Å². The minimum absolute atomic E-state index is 0.206. The minimum Gasteiger partial charge on any atom is -0.459 e. The molecule has 2 aromatic rings. The standard InChI is InChI=1S/C25H36NO5P/c1-7-29-32(28,30-8-2)25(6,21-17-13-10-14-18-21)26-22(23(27)31-24(3,4)5)19-20-15-11-9-12-16-20/h9-18,22,26H,7-8,19H2,1-6H3. The van der Waals surface area contributed by atoms with E-state index in [0.717, 1.165) is 5.56 Å². The van der Waals surface area contributed by atoms with Gasteiger partial charge in [0.2, 0.25) is 0 Å². The van der Waals surface area contributed by atoms with Crippen LogP contribution in [0.5, 0.6) is 0 Å². The summed E-state index contributed by atoms with van der Waals surface area (Å²) in [5.74, 6) is -0.428. The largest absolute Gasteiger partial charge is 0.459 e. The van der Waals surface area contributed by atoms with Gasteiger partial charge >= 0.3 is 13.6 Å². The lowest BCUT2D eigenvalue weighted by Gasteiger charge is -2.39. The van der Waals surface area contributed by atoms with Gasteiger partial charge in [0.1, 0.15) is 16.9 Å². The summed E-state index contributed by atoms with van der Waals surface area (Å²) in [6, 6.07) is 18.2. The predicted octanol–water partition coefficient (Wildman–Crippen LogP) is 5.67. The van der Waals surface area contributed by atoms with Crippen LogP contribution in [0.15, 0.2) is 60.7 Å². The van der Waals surface area contributed by atoms with E-state index in [1.807, 2.05) is 81.4 Å². The molecule has 2 unspecified atom stereocenters. The highest BCUT2D eigenvalue weighted by molar-refractivity contribution is 7.55. The molecular weight excluding hydrogens is 425 g/mol. The molecule has 0 bridgehead atoms. The summed E-state index contributed by atoms with van der Waals surface area (Å²) in [6.45, 7) is 11.2. The molecule has 0 heterocycles. The van der Waals surface area contributed by atoms with Crippen molar-refractivity contribution in [1.29, 1.82) is 0 Å². The van der Waals surface area contributed by atoms with E-state index in [-0.39, 0.29) is 13.2 Å². The molecule has 0 aromatic heterocycles. The van der Waals surface area contributed by atoms with Gasteiger partial charge in [0.05, 0.1) is 13.2 Å². The molecule has 0 amide bonds. The van der Waals surface area contributed by atoms with Crippen LogP contribution in [0, 0.1) is 0 Å². The molecule has 0 saturated heterocycles. The number of carbonyl (C=O) groups is 1. The van der Waals surface area contributed by atoms with Gasteiger partial charge in [0.25, 0.3) is 0 Å². The van der Waals surface area contributed by atoms with E-state index in [1.165, 1.54) is 0 Å². The maximum atomic E-state index is 14.1. The SMILES string of the molecule is CCOP(=O)(OCC)C(C)(NC(Cc1ccccc1)C(=O)OC(C)(C)C)c1ccccc1. The molecule has 0 fully saturated rings.